The van der Waals surface area contributed by atoms with Crippen molar-refractivity contribution in [1.29, 1.82) is 0 Å². The van der Waals surface area contributed by atoms with Gasteiger partial charge in [0.2, 0.25) is 0 Å². The average Bonchev–Trinajstić information content (AvgIpc) is 2.75. The van der Waals surface area contributed by atoms with E-state index in [0.717, 1.165) is 11.3 Å². The molecule has 0 aliphatic carbocycles. The third-order valence-electron chi connectivity index (χ3n) is 3.20. The Labute approximate surface area is 134 Å². The number of esters is 1. The molecule has 22 heavy (non-hydrogen) atoms. The number of benzene rings is 1. The molecule has 0 radical (unpaired) electrons. The molecule has 1 heterocycles. The second-order valence-corrected chi connectivity index (χ2v) is 5.33. The third kappa shape index (κ3) is 3.43. The zero-order valence-electron chi connectivity index (χ0n) is 12.6. The van der Waals surface area contributed by atoms with Crippen LogP contribution >= 0.6 is 12.2 Å². The van der Waals surface area contributed by atoms with E-state index in [2.05, 4.69) is 10.1 Å². The van der Waals surface area contributed by atoms with Crippen molar-refractivity contribution in [3.63, 3.8) is 0 Å². The largest absolute Gasteiger partial charge is 0.468 e. The van der Waals surface area contributed by atoms with Crippen molar-refractivity contribution in [3.8, 4) is 0 Å². The topological polar surface area (TPSA) is 61.9 Å². The van der Waals surface area contributed by atoms with Crippen LogP contribution in [0.2, 0.25) is 0 Å². The van der Waals surface area contributed by atoms with E-state index in [1.807, 2.05) is 43.3 Å². The molecule has 1 saturated heterocycles. The maximum Gasteiger partial charge on any atom is 0.325 e. The number of hydrogen-bond acceptors (Lipinski definition) is 5. The van der Waals surface area contributed by atoms with Crippen LogP contribution in [-0.2, 0) is 14.3 Å². The number of anilines is 1. The van der Waals surface area contributed by atoms with E-state index in [4.69, 9.17) is 12.2 Å². The van der Waals surface area contributed by atoms with E-state index >= 15 is 0 Å². The Morgan fingerprint density at radius 3 is 2.55 bits per heavy atom. The van der Waals surface area contributed by atoms with E-state index in [-0.39, 0.29) is 17.6 Å². The summed E-state index contributed by atoms with van der Waals surface area (Å²) < 4.78 is 4.55. The summed E-state index contributed by atoms with van der Waals surface area (Å²) in [6.07, 6.45) is 1.70. The van der Waals surface area contributed by atoms with Crippen LogP contribution in [0.5, 0.6) is 0 Å². The maximum atomic E-state index is 12.2. The number of amides is 1. The van der Waals surface area contributed by atoms with Crippen molar-refractivity contribution >= 4 is 41.0 Å². The Hall–Kier alpha value is -2.41. The van der Waals surface area contributed by atoms with Crippen LogP contribution in [0.25, 0.3) is 6.08 Å². The zero-order valence-corrected chi connectivity index (χ0v) is 13.4. The molecule has 1 aliphatic heterocycles. The summed E-state index contributed by atoms with van der Waals surface area (Å²) >= 11 is 5.07. The fourth-order valence-corrected chi connectivity index (χ4v) is 2.20. The Morgan fingerprint density at radius 2 is 2.00 bits per heavy atom. The molecule has 0 atom stereocenters. The predicted molar refractivity (Wildman–Crippen MR) is 88.2 cm³/mol. The second-order valence-electron chi connectivity index (χ2n) is 4.94. The summed E-state index contributed by atoms with van der Waals surface area (Å²) in [5.74, 6) is -0.860. The minimum Gasteiger partial charge on any atom is -0.468 e. The number of thiocarbonyl (C=S) groups is 1. The maximum absolute atomic E-state index is 12.2. The van der Waals surface area contributed by atoms with Gasteiger partial charge in [0.05, 0.1) is 7.11 Å². The fraction of sp³-hybridized carbons (Fsp3) is 0.267. The molecule has 0 unspecified atom stereocenters. The number of nitrogens with one attached hydrogen (secondary N) is 1. The summed E-state index contributed by atoms with van der Waals surface area (Å²) in [4.78, 5) is 26.7. The van der Waals surface area contributed by atoms with Gasteiger partial charge in [0.15, 0.2) is 5.11 Å². The van der Waals surface area contributed by atoms with E-state index in [9.17, 15) is 9.59 Å². The van der Waals surface area contributed by atoms with Gasteiger partial charge in [-0.3, -0.25) is 14.5 Å². The number of ether oxygens (including phenoxy) is 1. The van der Waals surface area contributed by atoms with Gasteiger partial charge in [0.1, 0.15) is 12.2 Å². The molecule has 7 heteroatoms. The first-order valence-electron chi connectivity index (χ1n) is 6.61. The number of methoxy groups -OCH3 is 1. The number of hydrogen-bond donors (Lipinski definition) is 1. The molecule has 1 aromatic rings. The highest BCUT2D eigenvalue weighted by molar-refractivity contribution is 7.80. The van der Waals surface area contributed by atoms with Crippen molar-refractivity contribution in [2.45, 2.75) is 0 Å². The lowest BCUT2D eigenvalue weighted by Gasteiger charge is -2.12. The lowest BCUT2D eigenvalue weighted by atomic mass is 10.1. The summed E-state index contributed by atoms with van der Waals surface area (Å²) in [5.41, 5.74) is 2.27. The van der Waals surface area contributed by atoms with Crippen LogP contribution < -0.4 is 10.2 Å². The van der Waals surface area contributed by atoms with Gasteiger partial charge in [-0.15, -0.1) is 0 Å². The molecule has 1 amide bonds. The summed E-state index contributed by atoms with van der Waals surface area (Å²) in [6.45, 7) is -0.196. The summed E-state index contributed by atoms with van der Waals surface area (Å²) in [5, 5.41) is 3.02. The number of carbonyl (C=O) groups excluding carboxylic acids is 2. The Balaban J connectivity index is 2.17. The van der Waals surface area contributed by atoms with Gasteiger partial charge in [-0.25, -0.2) is 0 Å². The summed E-state index contributed by atoms with van der Waals surface area (Å²) in [6, 6.07) is 7.72. The molecule has 2 rings (SSSR count). The van der Waals surface area contributed by atoms with E-state index < -0.39 is 5.97 Å². The SMILES string of the molecule is COC(=O)CN1C(=O)/C(=C/c2ccc(N(C)C)cc2)NC1=S. The zero-order chi connectivity index (χ0) is 16.3. The first-order valence-corrected chi connectivity index (χ1v) is 7.02. The summed E-state index contributed by atoms with van der Waals surface area (Å²) in [7, 11) is 5.18. The highest BCUT2D eigenvalue weighted by atomic mass is 32.1. The van der Waals surface area contributed by atoms with Crippen molar-refractivity contribution in [2.24, 2.45) is 0 Å². The van der Waals surface area contributed by atoms with Crippen molar-refractivity contribution in [2.75, 3.05) is 32.6 Å². The standard InChI is InChI=1S/C15H17N3O3S/c1-17(2)11-6-4-10(5-7-11)8-12-14(20)18(15(22)16-12)9-13(19)21-3/h4-8H,9H2,1-3H3,(H,16,22)/b12-8-. The minimum absolute atomic E-state index is 0.196. The minimum atomic E-state index is -0.519. The predicted octanol–water partition coefficient (Wildman–Crippen LogP) is 0.983. The first kappa shape index (κ1) is 16.0. The van der Waals surface area contributed by atoms with Crippen molar-refractivity contribution in [3.05, 3.63) is 35.5 Å². The van der Waals surface area contributed by atoms with Gasteiger partial charge < -0.3 is 15.0 Å². The van der Waals surface area contributed by atoms with E-state index in [0.29, 0.717) is 5.70 Å². The molecule has 0 saturated carbocycles. The molecule has 1 N–H and O–H groups in total. The fourth-order valence-electron chi connectivity index (χ4n) is 1.94. The third-order valence-corrected chi connectivity index (χ3v) is 3.52. The molecular formula is C15H17N3O3S. The molecule has 0 aromatic heterocycles. The lowest BCUT2D eigenvalue weighted by Crippen LogP contribution is -2.35. The van der Waals surface area contributed by atoms with Crippen LogP contribution in [0, 0.1) is 0 Å². The smallest absolute Gasteiger partial charge is 0.325 e. The van der Waals surface area contributed by atoms with Gasteiger partial charge in [0, 0.05) is 19.8 Å². The molecule has 1 aliphatic rings. The highest BCUT2D eigenvalue weighted by Gasteiger charge is 2.32. The Bertz CT molecular complexity index is 638. The Morgan fingerprint density at radius 1 is 1.36 bits per heavy atom. The number of nitrogens with zero attached hydrogens (tertiary/aromatic N) is 2. The van der Waals surface area contributed by atoms with Crippen LogP contribution in [0.4, 0.5) is 5.69 Å². The van der Waals surface area contributed by atoms with Gasteiger partial charge >= 0.3 is 5.97 Å². The van der Waals surface area contributed by atoms with Crippen molar-refractivity contribution in [1.82, 2.24) is 10.2 Å². The van der Waals surface area contributed by atoms with E-state index in [1.54, 1.807) is 6.08 Å². The van der Waals surface area contributed by atoms with Crippen LogP contribution in [0.3, 0.4) is 0 Å². The highest BCUT2D eigenvalue weighted by Crippen LogP contribution is 2.17. The molecule has 0 spiro atoms. The molecule has 1 aromatic carbocycles. The molecule has 0 bridgehead atoms. The molecular weight excluding hydrogens is 302 g/mol. The van der Waals surface area contributed by atoms with Crippen LogP contribution in [0.15, 0.2) is 30.0 Å². The monoisotopic (exact) mass is 319 g/mol. The molecule has 6 nitrogen and oxygen atoms in total. The van der Waals surface area contributed by atoms with Gasteiger partial charge in [0.25, 0.3) is 5.91 Å². The first-order chi connectivity index (χ1) is 10.4. The van der Waals surface area contributed by atoms with Crippen LogP contribution in [-0.4, -0.2) is 49.6 Å². The quantitative estimate of drug-likeness (QED) is 0.507. The molecule has 116 valence electrons. The van der Waals surface area contributed by atoms with E-state index in [1.165, 1.54) is 12.0 Å². The number of carbonyl (C=O) groups is 2. The van der Waals surface area contributed by atoms with Crippen LogP contribution in [0.1, 0.15) is 5.56 Å². The lowest BCUT2D eigenvalue weighted by molar-refractivity contribution is -0.143. The normalized spacial score (nSPS) is 16.0. The van der Waals surface area contributed by atoms with Gasteiger partial charge in [-0.05, 0) is 36.0 Å². The molecule has 1 fully saturated rings. The van der Waals surface area contributed by atoms with Crippen molar-refractivity contribution < 1.29 is 14.3 Å². The van der Waals surface area contributed by atoms with Gasteiger partial charge in [-0.2, -0.15) is 0 Å². The Kier molecular flexibility index (Phi) is 4.77. The second kappa shape index (κ2) is 6.57. The van der Waals surface area contributed by atoms with Gasteiger partial charge in [-0.1, -0.05) is 12.1 Å². The number of rotatable bonds is 4. The average molecular weight is 319 g/mol.